The Morgan fingerprint density at radius 3 is 2.15 bits per heavy atom. The van der Waals surface area contributed by atoms with Crippen LogP contribution in [0.2, 0.25) is 0 Å². The molecule has 0 radical (unpaired) electrons. The van der Waals surface area contributed by atoms with E-state index in [9.17, 15) is 14.4 Å². The van der Waals surface area contributed by atoms with Crippen molar-refractivity contribution in [3.63, 3.8) is 0 Å². The fourth-order valence-electron chi connectivity index (χ4n) is 3.03. The van der Waals surface area contributed by atoms with Gasteiger partial charge in [-0.1, -0.05) is 0 Å². The predicted molar refractivity (Wildman–Crippen MR) is 73.5 cm³/mol. The van der Waals surface area contributed by atoms with Gasteiger partial charge < -0.3 is 15.5 Å². The first-order valence-corrected chi connectivity index (χ1v) is 7.40. The van der Waals surface area contributed by atoms with Gasteiger partial charge in [-0.2, -0.15) is 0 Å². The standard InChI is InChI=1S/C14H23N3O3/c1-10-4-2-3-7-17(10)14(20)13(19)16-8-5-11(6-9-16)12(15)18/h10-11H,2-9H2,1H3,(H2,15,18). The summed E-state index contributed by atoms with van der Waals surface area (Å²) in [6.45, 7) is 3.55. The monoisotopic (exact) mass is 281 g/mol. The minimum Gasteiger partial charge on any atom is -0.369 e. The van der Waals surface area contributed by atoms with Gasteiger partial charge in [0.15, 0.2) is 0 Å². The average Bonchev–Trinajstić information content (AvgIpc) is 2.46. The van der Waals surface area contributed by atoms with Gasteiger partial charge in [-0.25, -0.2) is 0 Å². The summed E-state index contributed by atoms with van der Waals surface area (Å²) in [7, 11) is 0. The average molecular weight is 281 g/mol. The third-order valence-electron chi connectivity index (χ3n) is 4.43. The molecule has 6 heteroatoms. The first-order valence-electron chi connectivity index (χ1n) is 7.40. The number of piperidine rings is 2. The summed E-state index contributed by atoms with van der Waals surface area (Å²) in [5.74, 6) is -1.30. The van der Waals surface area contributed by atoms with Crippen LogP contribution in [-0.4, -0.2) is 53.2 Å². The van der Waals surface area contributed by atoms with E-state index in [0.29, 0.717) is 32.5 Å². The maximum Gasteiger partial charge on any atom is 0.312 e. The van der Waals surface area contributed by atoms with Crippen molar-refractivity contribution in [2.45, 2.75) is 45.1 Å². The number of carbonyl (C=O) groups excluding carboxylic acids is 3. The van der Waals surface area contributed by atoms with Crippen molar-refractivity contribution < 1.29 is 14.4 Å². The fraction of sp³-hybridized carbons (Fsp3) is 0.786. The molecule has 0 saturated carbocycles. The fourth-order valence-corrected chi connectivity index (χ4v) is 3.03. The summed E-state index contributed by atoms with van der Waals surface area (Å²) < 4.78 is 0. The molecule has 2 aliphatic heterocycles. The second-order valence-electron chi connectivity index (χ2n) is 5.81. The zero-order valence-corrected chi connectivity index (χ0v) is 12.0. The molecule has 2 aliphatic rings. The Kier molecular flexibility index (Phi) is 4.62. The molecule has 112 valence electrons. The van der Waals surface area contributed by atoms with Gasteiger partial charge in [0.1, 0.15) is 0 Å². The van der Waals surface area contributed by atoms with Gasteiger partial charge in [0.05, 0.1) is 0 Å². The van der Waals surface area contributed by atoms with Crippen LogP contribution in [0.25, 0.3) is 0 Å². The van der Waals surface area contributed by atoms with Crippen LogP contribution >= 0.6 is 0 Å². The van der Waals surface area contributed by atoms with E-state index in [2.05, 4.69) is 0 Å². The molecule has 0 spiro atoms. The number of hydrogen-bond acceptors (Lipinski definition) is 3. The second-order valence-corrected chi connectivity index (χ2v) is 5.81. The summed E-state index contributed by atoms with van der Waals surface area (Å²) in [4.78, 5) is 38.8. The van der Waals surface area contributed by atoms with Crippen molar-refractivity contribution in [2.24, 2.45) is 11.7 Å². The molecule has 1 unspecified atom stereocenters. The summed E-state index contributed by atoms with van der Waals surface area (Å²) in [6.07, 6.45) is 4.16. The molecule has 2 rings (SSSR count). The van der Waals surface area contributed by atoms with E-state index in [1.807, 2.05) is 6.92 Å². The predicted octanol–water partition coefficient (Wildman–Crippen LogP) is 0.111. The summed E-state index contributed by atoms with van der Waals surface area (Å²) in [5, 5.41) is 0. The lowest BCUT2D eigenvalue weighted by molar-refractivity contribution is -0.154. The van der Waals surface area contributed by atoms with E-state index in [-0.39, 0.29) is 17.9 Å². The van der Waals surface area contributed by atoms with Crippen molar-refractivity contribution in [2.75, 3.05) is 19.6 Å². The van der Waals surface area contributed by atoms with E-state index >= 15 is 0 Å². The molecular weight excluding hydrogens is 258 g/mol. The summed E-state index contributed by atoms with van der Waals surface area (Å²) >= 11 is 0. The first kappa shape index (κ1) is 14.8. The van der Waals surface area contributed by atoms with Gasteiger partial charge in [-0.15, -0.1) is 0 Å². The van der Waals surface area contributed by atoms with Crippen molar-refractivity contribution >= 4 is 17.7 Å². The molecule has 0 aromatic rings. The molecule has 2 N–H and O–H groups in total. The van der Waals surface area contributed by atoms with E-state index in [0.717, 1.165) is 19.3 Å². The van der Waals surface area contributed by atoms with Crippen molar-refractivity contribution in [1.82, 2.24) is 9.80 Å². The topological polar surface area (TPSA) is 83.7 Å². The van der Waals surface area contributed by atoms with Crippen LogP contribution in [0.3, 0.4) is 0 Å². The highest BCUT2D eigenvalue weighted by Crippen LogP contribution is 2.20. The maximum atomic E-state index is 12.3. The number of likely N-dealkylation sites (tertiary alicyclic amines) is 2. The Balaban J connectivity index is 1.91. The van der Waals surface area contributed by atoms with Crippen LogP contribution in [0.1, 0.15) is 39.0 Å². The molecule has 0 aromatic carbocycles. The van der Waals surface area contributed by atoms with Crippen LogP contribution in [0, 0.1) is 5.92 Å². The first-order chi connectivity index (χ1) is 9.50. The lowest BCUT2D eigenvalue weighted by Crippen LogP contribution is -2.52. The number of carbonyl (C=O) groups is 3. The van der Waals surface area contributed by atoms with Crippen molar-refractivity contribution in [1.29, 1.82) is 0 Å². The second kappa shape index (κ2) is 6.24. The molecule has 0 aliphatic carbocycles. The Hall–Kier alpha value is -1.59. The number of hydrogen-bond donors (Lipinski definition) is 1. The zero-order valence-electron chi connectivity index (χ0n) is 12.0. The maximum absolute atomic E-state index is 12.3. The summed E-state index contributed by atoms with van der Waals surface area (Å²) in [6, 6.07) is 0.142. The molecule has 0 bridgehead atoms. The Bertz CT molecular complexity index is 402. The Labute approximate surface area is 119 Å². The molecule has 0 aromatic heterocycles. The Morgan fingerprint density at radius 2 is 1.60 bits per heavy atom. The van der Waals surface area contributed by atoms with Gasteiger partial charge in [-0.3, -0.25) is 14.4 Å². The van der Waals surface area contributed by atoms with Gasteiger partial charge in [0.2, 0.25) is 5.91 Å². The normalized spacial score (nSPS) is 24.6. The Morgan fingerprint density at radius 1 is 0.950 bits per heavy atom. The minimum absolute atomic E-state index is 0.142. The molecule has 20 heavy (non-hydrogen) atoms. The van der Waals surface area contributed by atoms with Gasteiger partial charge in [0, 0.05) is 31.6 Å². The van der Waals surface area contributed by atoms with E-state index in [1.54, 1.807) is 9.80 Å². The van der Waals surface area contributed by atoms with Gasteiger partial charge >= 0.3 is 11.8 Å². The van der Waals surface area contributed by atoms with E-state index < -0.39 is 11.8 Å². The van der Waals surface area contributed by atoms with E-state index in [4.69, 9.17) is 5.73 Å². The van der Waals surface area contributed by atoms with Gasteiger partial charge in [0.25, 0.3) is 0 Å². The minimum atomic E-state index is -0.429. The van der Waals surface area contributed by atoms with Crippen molar-refractivity contribution in [3.05, 3.63) is 0 Å². The smallest absolute Gasteiger partial charge is 0.312 e. The largest absolute Gasteiger partial charge is 0.369 e. The third kappa shape index (κ3) is 3.11. The number of rotatable bonds is 1. The summed E-state index contributed by atoms with van der Waals surface area (Å²) in [5.41, 5.74) is 5.27. The van der Waals surface area contributed by atoms with Crippen molar-refractivity contribution in [3.8, 4) is 0 Å². The van der Waals surface area contributed by atoms with Crippen LogP contribution in [0.4, 0.5) is 0 Å². The number of amides is 3. The molecule has 6 nitrogen and oxygen atoms in total. The quantitative estimate of drug-likeness (QED) is 0.692. The molecule has 2 saturated heterocycles. The molecule has 2 fully saturated rings. The number of primary amides is 1. The van der Waals surface area contributed by atoms with Crippen LogP contribution in [0.5, 0.6) is 0 Å². The lowest BCUT2D eigenvalue weighted by atomic mass is 9.96. The highest BCUT2D eigenvalue weighted by Gasteiger charge is 2.33. The highest BCUT2D eigenvalue weighted by atomic mass is 16.2. The lowest BCUT2D eigenvalue weighted by Gasteiger charge is -2.36. The van der Waals surface area contributed by atoms with Crippen LogP contribution in [-0.2, 0) is 14.4 Å². The van der Waals surface area contributed by atoms with Crippen LogP contribution < -0.4 is 5.73 Å². The number of nitrogens with zero attached hydrogens (tertiary/aromatic N) is 2. The molecule has 3 amide bonds. The third-order valence-corrected chi connectivity index (χ3v) is 4.43. The zero-order chi connectivity index (χ0) is 14.7. The molecule has 1 atom stereocenters. The molecular formula is C14H23N3O3. The van der Waals surface area contributed by atoms with Crippen LogP contribution in [0.15, 0.2) is 0 Å². The number of nitrogens with two attached hydrogens (primary N) is 1. The SMILES string of the molecule is CC1CCCCN1C(=O)C(=O)N1CCC(C(N)=O)CC1. The highest BCUT2D eigenvalue weighted by molar-refractivity contribution is 6.35. The van der Waals surface area contributed by atoms with Gasteiger partial charge in [-0.05, 0) is 39.0 Å². The van der Waals surface area contributed by atoms with E-state index in [1.165, 1.54) is 0 Å². The molecule has 2 heterocycles.